The summed E-state index contributed by atoms with van der Waals surface area (Å²) < 4.78 is 6.89. The monoisotopic (exact) mass is 796 g/mol. The summed E-state index contributed by atoms with van der Waals surface area (Å²) in [4.78, 5) is 0. The maximum absolute atomic E-state index is 6.89. The molecule has 0 atom stereocenters. The first-order valence-corrected chi connectivity index (χ1v) is 26.4. The van der Waals surface area contributed by atoms with E-state index in [1.807, 2.05) is 0 Å². The van der Waals surface area contributed by atoms with Gasteiger partial charge in [-0.1, -0.05) is 238 Å². The number of aryl methyl sites for hydroxylation is 2. The first kappa shape index (κ1) is 38.5. The van der Waals surface area contributed by atoms with Gasteiger partial charge in [-0.25, -0.2) is 0 Å². The van der Waals surface area contributed by atoms with E-state index in [-0.39, 0.29) is 0 Å². The van der Waals surface area contributed by atoms with Crippen molar-refractivity contribution in [3.05, 3.63) is 251 Å². The fourth-order valence-electron chi connectivity index (χ4n) is 10.1. The van der Waals surface area contributed by atoms with Crippen molar-refractivity contribution in [2.75, 3.05) is 0 Å². The summed E-state index contributed by atoms with van der Waals surface area (Å²) in [7, 11) is -4.73. The van der Waals surface area contributed by atoms with Crippen LogP contribution in [0.3, 0.4) is 0 Å². The summed E-state index contributed by atoms with van der Waals surface area (Å²) in [6, 6.07) is 83.7. The molecule has 1 nitrogen and oxygen atoms in total. The van der Waals surface area contributed by atoms with Crippen molar-refractivity contribution in [1.82, 2.24) is 0 Å². The van der Waals surface area contributed by atoms with Crippen molar-refractivity contribution < 1.29 is 4.42 Å². The maximum atomic E-state index is 6.89. The predicted octanol–water partition coefficient (Wildman–Crippen LogP) is 12.2. The van der Waals surface area contributed by atoms with Crippen LogP contribution < -0.4 is 10.4 Å². The van der Waals surface area contributed by atoms with Gasteiger partial charge in [0.1, 0.15) is 11.2 Å². The zero-order chi connectivity index (χ0) is 40.1. The third kappa shape index (κ3) is 8.45. The smallest absolute Gasteiger partial charge is 0.135 e. The van der Waals surface area contributed by atoms with E-state index in [0.717, 1.165) is 47.4 Å². The Bertz CT molecular complexity index is 2370. The summed E-state index contributed by atoms with van der Waals surface area (Å²) in [5.41, 5.74) is 13.1. The number of benzene rings is 8. The van der Waals surface area contributed by atoms with E-state index in [0.29, 0.717) is 0 Å². The summed E-state index contributed by atoms with van der Waals surface area (Å²) >= 11 is 0. The van der Waals surface area contributed by atoms with Crippen molar-refractivity contribution in [2.45, 2.75) is 50.1 Å². The van der Waals surface area contributed by atoms with Gasteiger partial charge >= 0.3 is 0 Å². The van der Waals surface area contributed by atoms with Gasteiger partial charge in [0.2, 0.25) is 0 Å². The highest BCUT2D eigenvalue weighted by molar-refractivity contribution is 6.91. The van der Waals surface area contributed by atoms with Gasteiger partial charge in [-0.3, -0.25) is 0 Å². The van der Waals surface area contributed by atoms with Crippen molar-refractivity contribution in [2.24, 2.45) is 0 Å². The standard InChI is InChI=1S/C56H52OSi2/c1-43-33-53-51(35-55(43)58(37-45-21-9-3-10-22-45,38-46-23-11-4-12-24-46)39-47-25-13-5-14-26-47)52-36-56(44(2)34-54(52)57-53)59(40-48-27-15-6-16-28-48,41-49-29-17-7-18-30-49)42-50-31-19-8-20-32-50/h3-36H,37-42H2,1-2H3. The molecule has 290 valence electrons. The highest BCUT2D eigenvalue weighted by Gasteiger charge is 2.40. The topological polar surface area (TPSA) is 13.1 Å². The van der Waals surface area contributed by atoms with Crippen LogP contribution in [0.1, 0.15) is 44.5 Å². The normalized spacial score (nSPS) is 12.0. The third-order valence-corrected chi connectivity index (χ3v) is 22.5. The van der Waals surface area contributed by atoms with Gasteiger partial charge in [-0.2, -0.15) is 0 Å². The molecular weight excluding hydrogens is 745 g/mol. The first-order valence-electron chi connectivity index (χ1n) is 21.2. The molecule has 0 aliphatic heterocycles. The zero-order valence-corrected chi connectivity index (χ0v) is 36.3. The number of fused-ring (bicyclic) bond motifs is 3. The van der Waals surface area contributed by atoms with E-state index in [1.54, 1.807) is 0 Å². The quantitative estimate of drug-likeness (QED) is 0.0999. The second kappa shape index (κ2) is 17.1. The van der Waals surface area contributed by atoms with Gasteiger partial charge in [0.05, 0.1) is 16.1 Å². The van der Waals surface area contributed by atoms with Crippen LogP contribution in [0.4, 0.5) is 0 Å². The minimum absolute atomic E-state index is 0.987. The van der Waals surface area contributed by atoms with Crippen molar-refractivity contribution in [3.63, 3.8) is 0 Å². The molecular formula is C56H52OSi2. The second-order valence-electron chi connectivity index (χ2n) is 17.0. The molecule has 0 bridgehead atoms. The molecule has 0 aliphatic rings. The van der Waals surface area contributed by atoms with E-state index in [1.165, 1.54) is 65.7 Å². The second-order valence-corrected chi connectivity index (χ2v) is 25.3. The molecule has 0 N–H and O–H groups in total. The zero-order valence-electron chi connectivity index (χ0n) is 34.3. The predicted molar refractivity (Wildman–Crippen MR) is 255 cm³/mol. The van der Waals surface area contributed by atoms with Gasteiger partial charge in [-0.05, 0) is 73.4 Å². The largest absolute Gasteiger partial charge is 0.456 e. The Labute approximate surface area is 352 Å². The number of hydrogen-bond acceptors (Lipinski definition) is 1. The Morgan fingerprint density at radius 1 is 0.305 bits per heavy atom. The van der Waals surface area contributed by atoms with Gasteiger partial charge < -0.3 is 4.42 Å². The molecule has 9 aromatic rings. The average Bonchev–Trinajstić information content (AvgIpc) is 3.60. The van der Waals surface area contributed by atoms with Crippen LogP contribution in [0, 0.1) is 13.8 Å². The van der Waals surface area contributed by atoms with Crippen LogP contribution in [0.5, 0.6) is 0 Å². The molecule has 3 heteroatoms. The fourth-order valence-corrected chi connectivity index (χ4v) is 20.8. The molecule has 0 spiro atoms. The molecule has 59 heavy (non-hydrogen) atoms. The average molecular weight is 797 g/mol. The number of rotatable bonds is 14. The summed E-state index contributed by atoms with van der Waals surface area (Å²) in [6.07, 6.45) is 0. The Hall–Kier alpha value is -6.01. The molecule has 0 unspecified atom stereocenters. The lowest BCUT2D eigenvalue weighted by atomic mass is 10.1. The van der Waals surface area contributed by atoms with E-state index in [2.05, 4.69) is 220 Å². The molecule has 8 aromatic carbocycles. The van der Waals surface area contributed by atoms with Crippen molar-refractivity contribution in [3.8, 4) is 0 Å². The van der Waals surface area contributed by atoms with Gasteiger partial charge in [-0.15, -0.1) is 0 Å². The fraction of sp³-hybridized carbons (Fsp3) is 0.143. The molecule has 0 saturated heterocycles. The lowest BCUT2D eigenvalue weighted by molar-refractivity contribution is 0.668. The summed E-state index contributed by atoms with van der Waals surface area (Å²) in [5.74, 6) is 0. The Morgan fingerprint density at radius 3 is 0.746 bits per heavy atom. The first-order chi connectivity index (χ1) is 29.0. The van der Waals surface area contributed by atoms with E-state index in [4.69, 9.17) is 4.42 Å². The minimum Gasteiger partial charge on any atom is -0.456 e. The maximum Gasteiger partial charge on any atom is 0.135 e. The third-order valence-electron chi connectivity index (χ3n) is 12.6. The Kier molecular flexibility index (Phi) is 11.1. The highest BCUT2D eigenvalue weighted by Crippen LogP contribution is 2.34. The number of furan rings is 1. The van der Waals surface area contributed by atoms with Gasteiger partial charge in [0, 0.05) is 10.8 Å². The SMILES string of the molecule is Cc1cc2oc3cc(C)c([Si](Cc4ccccc4)(Cc4ccccc4)Cc4ccccc4)cc3c2cc1[Si](Cc1ccccc1)(Cc1ccccc1)Cc1ccccc1. The molecule has 0 aliphatic carbocycles. The molecule has 9 rings (SSSR count). The highest BCUT2D eigenvalue weighted by atomic mass is 28.3. The lowest BCUT2D eigenvalue weighted by Crippen LogP contribution is -2.56. The summed E-state index contributed by atoms with van der Waals surface area (Å²) in [5, 5.41) is 5.56. The van der Waals surface area contributed by atoms with Gasteiger partial charge in [0.25, 0.3) is 0 Å². The van der Waals surface area contributed by atoms with Crippen LogP contribution in [-0.2, 0) is 36.3 Å². The molecule has 0 radical (unpaired) electrons. The van der Waals surface area contributed by atoms with Crippen LogP contribution >= 0.6 is 0 Å². The molecule has 1 heterocycles. The van der Waals surface area contributed by atoms with E-state index < -0.39 is 16.1 Å². The molecule has 0 saturated carbocycles. The van der Waals surface area contributed by atoms with Crippen LogP contribution in [0.25, 0.3) is 21.9 Å². The Morgan fingerprint density at radius 2 is 0.525 bits per heavy atom. The van der Waals surface area contributed by atoms with Crippen molar-refractivity contribution >= 4 is 48.5 Å². The van der Waals surface area contributed by atoms with E-state index in [9.17, 15) is 0 Å². The van der Waals surface area contributed by atoms with E-state index >= 15 is 0 Å². The van der Waals surface area contributed by atoms with Crippen molar-refractivity contribution in [1.29, 1.82) is 0 Å². The molecule has 0 amide bonds. The van der Waals surface area contributed by atoms with Crippen LogP contribution in [-0.4, -0.2) is 16.1 Å². The minimum atomic E-state index is -2.36. The summed E-state index contributed by atoms with van der Waals surface area (Å²) in [6.45, 7) is 4.66. The number of hydrogen-bond donors (Lipinski definition) is 0. The van der Waals surface area contributed by atoms with Crippen LogP contribution in [0.2, 0.25) is 0 Å². The Balaban J connectivity index is 1.28. The molecule has 0 fully saturated rings. The lowest BCUT2D eigenvalue weighted by Gasteiger charge is -2.35. The molecule has 1 aromatic heterocycles. The van der Waals surface area contributed by atoms with Crippen LogP contribution in [0.15, 0.2) is 211 Å². The van der Waals surface area contributed by atoms with Gasteiger partial charge in [0.15, 0.2) is 0 Å².